The monoisotopic (exact) mass is 316 g/mol. The van der Waals surface area contributed by atoms with Crippen LogP contribution in [0.5, 0.6) is 0 Å². The van der Waals surface area contributed by atoms with E-state index in [4.69, 9.17) is 5.11 Å². The van der Waals surface area contributed by atoms with Crippen molar-refractivity contribution in [1.29, 1.82) is 0 Å². The maximum absolute atomic E-state index is 12.8. The first-order chi connectivity index (χ1) is 11.2. The van der Waals surface area contributed by atoms with Crippen molar-refractivity contribution in [3.63, 3.8) is 0 Å². The van der Waals surface area contributed by atoms with Gasteiger partial charge in [-0.3, -0.25) is 0 Å². The highest BCUT2D eigenvalue weighted by Gasteiger charge is 2.35. The number of unbranched alkanes of at least 4 members (excludes halogenated alkanes) is 1. The number of carbonyl (C=O) groups is 1. The number of carbonyl (C=O) groups excluding carboxylic acids is 1. The Labute approximate surface area is 138 Å². The highest BCUT2D eigenvalue weighted by atomic mass is 16.3. The van der Waals surface area contributed by atoms with E-state index in [0.29, 0.717) is 12.0 Å². The van der Waals surface area contributed by atoms with E-state index in [0.717, 1.165) is 45.1 Å². The third kappa shape index (κ3) is 3.86. The van der Waals surface area contributed by atoms with Crippen LogP contribution in [0, 0.1) is 5.92 Å². The van der Waals surface area contributed by atoms with Crippen LogP contribution in [0.25, 0.3) is 0 Å². The van der Waals surface area contributed by atoms with Gasteiger partial charge in [-0.05, 0) is 55.6 Å². The molecule has 1 saturated carbocycles. The zero-order valence-electron chi connectivity index (χ0n) is 14.0. The number of aliphatic hydroxyl groups is 1. The second-order valence-electron chi connectivity index (χ2n) is 7.00. The minimum absolute atomic E-state index is 0.0685. The molecule has 1 aromatic rings. The first-order valence-corrected chi connectivity index (χ1v) is 8.96. The summed E-state index contributed by atoms with van der Waals surface area (Å²) in [6.07, 6.45) is 6.09. The lowest BCUT2D eigenvalue weighted by atomic mass is 9.81. The third-order valence-corrected chi connectivity index (χ3v) is 5.16. The maximum atomic E-state index is 12.8. The molecule has 4 heteroatoms. The van der Waals surface area contributed by atoms with Gasteiger partial charge in [0.05, 0.1) is 6.04 Å². The second-order valence-corrected chi connectivity index (χ2v) is 7.00. The van der Waals surface area contributed by atoms with Crippen molar-refractivity contribution in [2.45, 2.75) is 57.5 Å². The zero-order valence-corrected chi connectivity index (χ0v) is 14.0. The summed E-state index contributed by atoms with van der Waals surface area (Å²) in [5.41, 5.74) is 2.65. The lowest BCUT2D eigenvalue weighted by Gasteiger charge is -2.34. The van der Waals surface area contributed by atoms with Crippen molar-refractivity contribution in [1.82, 2.24) is 10.2 Å². The molecule has 2 atom stereocenters. The number of hydrogen-bond donors (Lipinski definition) is 2. The molecule has 0 spiro atoms. The number of rotatable bonds is 6. The van der Waals surface area contributed by atoms with Crippen molar-refractivity contribution < 1.29 is 9.90 Å². The van der Waals surface area contributed by atoms with E-state index in [9.17, 15) is 4.79 Å². The van der Waals surface area contributed by atoms with Crippen molar-refractivity contribution in [3.8, 4) is 0 Å². The number of nitrogens with one attached hydrogen (secondary N) is 1. The van der Waals surface area contributed by atoms with Crippen LogP contribution in [0.15, 0.2) is 24.3 Å². The summed E-state index contributed by atoms with van der Waals surface area (Å²) < 4.78 is 0. The Morgan fingerprint density at radius 3 is 2.78 bits per heavy atom. The summed E-state index contributed by atoms with van der Waals surface area (Å²) in [6, 6.07) is 9.08. The molecule has 0 radical (unpaired) electrons. The van der Waals surface area contributed by atoms with Crippen LogP contribution in [0.1, 0.15) is 56.2 Å². The average Bonchev–Trinajstić information content (AvgIpc) is 3.39. The van der Waals surface area contributed by atoms with Gasteiger partial charge in [0.2, 0.25) is 0 Å². The SMILES string of the molecule is CC1CCc2ccccc2C1NC(=O)N(CCCCO)C1CC1. The van der Waals surface area contributed by atoms with Gasteiger partial charge >= 0.3 is 6.03 Å². The number of hydrogen-bond acceptors (Lipinski definition) is 2. The molecular weight excluding hydrogens is 288 g/mol. The molecule has 0 heterocycles. The van der Waals surface area contributed by atoms with Gasteiger partial charge in [0, 0.05) is 19.2 Å². The quantitative estimate of drug-likeness (QED) is 0.792. The van der Waals surface area contributed by atoms with Crippen molar-refractivity contribution >= 4 is 6.03 Å². The first-order valence-electron chi connectivity index (χ1n) is 8.96. The molecular formula is C19H28N2O2. The van der Waals surface area contributed by atoms with E-state index < -0.39 is 0 Å². The smallest absolute Gasteiger partial charge is 0.318 e. The molecule has 0 bridgehead atoms. The van der Waals surface area contributed by atoms with Crippen LogP contribution in [0.3, 0.4) is 0 Å². The van der Waals surface area contributed by atoms with Gasteiger partial charge in [-0.25, -0.2) is 4.79 Å². The summed E-state index contributed by atoms with van der Waals surface area (Å²) in [5, 5.41) is 12.3. The van der Waals surface area contributed by atoms with Gasteiger partial charge in [0.15, 0.2) is 0 Å². The minimum atomic E-state index is 0.0685. The van der Waals surface area contributed by atoms with E-state index >= 15 is 0 Å². The number of aryl methyl sites for hydroxylation is 1. The lowest BCUT2D eigenvalue weighted by Crippen LogP contribution is -2.45. The second kappa shape index (κ2) is 7.35. The van der Waals surface area contributed by atoms with Gasteiger partial charge in [0.25, 0.3) is 0 Å². The number of fused-ring (bicyclic) bond motifs is 1. The topological polar surface area (TPSA) is 52.6 Å². The molecule has 1 aromatic carbocycles. The Balaban J connectivity index is 1.68. The Hall–Kier alpha value is -1.55. The molecule has 0 saturated heterocycles. The van der Waals surface area contributed by atoms with Gasteiger partial charge < -0.3 is 15.3 Å². The summed E-state index contributed by atoms with van der Waals surface area (Å²) in [5.74, 6) is 0.465. The fourth-order valence-corrected chi connectivity index (χ4v) is 3.59. The van der Waals surface area contributed by atoms with Gasteiger partial charge in [-0.15, -0.1) is 0 Å². The number of amides is 2. The molecule has 2 amide bonds. The summed E-state index contributed by atoms with van der Waals surface area (Å²) >= 11 is 0. The van der Waals surface area contributed by atoms with Crippen molar-refractivity contribution in [3.05, 3.63) is 35.4 Å². The van der Waals surface area contributed by atoms with Gasteiger partial charge in [-0.2, -0.15) is 0 Å². The highest BCUT2D eigenvalue weighted by molar-refractivity contribution is 5.75. The number of aliphatic hydroxyl groups excluding tert-OH is 1. The van der Waals surface area contributed by atoms with Crippen LogP contribution >= 0.6 is 0 Å². The summed E-state index contributed by atoms with van der Waals surface area (Å²) in [6.45, 7) is 3.18. The Bertz CT molecular complexity index is 542. The van der Waals surface area contributed by atoms with Crippen LogP contribution in [0.4, 0.5) is 4.79 Å². The normalized spacial score (nSPS) is 23.2. The molecule has 2 aliphatic rings. The molecule has 2 N–H and O–H groups in total. The van der Waals surface area contributed by atoms with Crippen molar-refractivity contribution in [2.24, 2.45) is 5.92 Å². The largest absolute Gasteiger partial charge is 0.396 e. The summed E-state index contributed by atoms with van der Waals surface area (Å²) in [4.78, 5) is 14.8. The van der Waals surface area contributed by atoms with Crippen LogP contribution < -0.4 is 5.32 Å². The number of urea groups is 1. The predicted octanol–water partition coefficient (Wildman–Crippen LogP) is 3.26. The number of benzene rings is 1. The molecule has 0 aliphatic heterocycles. The first kappa shape index (κ1) is 16.3. The lowest BCUT2D eigenvalue weighted by molar-refractivity contribution is 0.181. The predicted molar refractivity (Wildman–Crippen MR) is 91.2 cm³/mol. The van der Waals surface area contributed by atoms with E-state index in [1.54, 1.807) is 0 Å². The average molecular weight is 316 g/mol. The maximum Gasteiger partial charge on any atom is 0.318 e. The molecule has 1 fully saturated rings. The van der Waals surface area contributed by atoms with Gasteiger partial charge in [0.1, 0.15) is 0 Å². The standard InChI is InChI=1S/C19H28N2O2/c1-14-8-9-15-6-2-3-7-17(15)18(14)20-19(23)21(16-10-11-16)12-4-5-13-22/h2-3,6-7,14,16,18,22H,4-5,8-13H2,1H3,(H,20,23). The Morgan fingerprint density at radius 1 is 1.26 bits per heavy atom. The molecule has 3 rings (SSSR count). The highest BCUT2D eigenvalue weighted by Crippen LogP contribution is 2.35. The van der Waals surface area contributed by atoms with Crippen molar-refractivity contribution in [2.75, 3.05) is 13.2 Å². The molecule has 2 unspecified atom stereocenters. The van der Waals surface area contributed by atoms with Crippen LogP contribution in [-0.4, -0.2) is 35.2 Å². The van der Waals surface area contributed by atoms with E-state index in [-0.39, 0.29) is 18.7 Å². The van der Waals surface area contributed by atoms with E-state index in [1.165, 1.54) is 11.1 Å². The molecule has 126 valence electrons. The minimum Gasteiger partial charge on any atom is -0.396 e. The Morgan fingerprint density at radius 2 is 2.04 bits per heavy atom. The molecule has 0 aromatic heterocycles. The number of nitrogens with zero attached hydrogens (tertiary/aromatic N) is 1. The Kier molecular flexibility index (Phi) is 5.21. The third-order valence-electron chi connectivity index (χ3n) is 5.16. The summed E-state index contributed by atoms with van der Waals surface area (Å²) in [7, 11) is 0. The molecule has 2 aliphatic carbocycles. The van der Waals surface area contributed by atoms with Crippen LogP contribution in [0.2, 0.25) is 0 Å². The molecule has 23 heavy (non-hydrogen) atoms. The molecule has 4 nitrogen and oxygen atoms in total. The fourth-order valence-electron chi connectivity index (χ4n) is 3.59. The fraction of sp³-hybridized carbons (Fsp3) is 0.632. The zero-order chi connectivity index (χ0) is 16.2. The van der Waals surface area contributed by atoms with E-state index in [1.807, 2.05) is 4.90 Å². The van der Waals surface area contributed by atoms with Gasteiger partial charge in [-0.1, -0.05) is 31.2 Å². The van der Waals surface area contributed by atoms with Crippen LogP contribution in [-0.2, 0) is 6.42 Å². The van der Waals surface area contributed by atoms with E-state index in [2.05, 4.69) is 36.5 Å².